The standard InChI is InChI=1S/C20H15F6NO3/c21-19(22,23)14-15(20(24,25)26)17-13-11-7-6-10(12(13)16(14)30-17)27(11)18(28)29-8-9-4-2-1-3-5-9/h1-7,10-13,16-17H,8H2/t10-,11+,12-,13+,16-,17+. The molecule has 0 N–H and O–H groups in total. The van der Waals surface area contributed by atoms with Crippen molar-refractivity contribution in [3.8, 4) is 0 Å². The lowest BCUT2D eigenvalue weighted by Gasteiger charge is -2.31. The highest BCUT2D eigenvalue weighted by atomic mass is 19.4. The Morgan fingerprint density at radius 1 is 0.900 bits per heavy atom. The molecule has 4 aliphatic rings. The molecule has 0 radical (unpaired) electrons. The number of halogens is 6. The number of alkyl halides is 6. The van der Waals surface area contributed by atoms with Crippen LogP contribution >= 0.6 is 0 Å². The van der Waals surface area contributed by atoms with Crippen LogP contribution in [0.4, 0.5) is 31.1 Å². The van der Waals surface area contributed by atoms with E-state index >= 15 is 0 Å². The smallest absolute Gasteiger partial charge is 0.415 e. The monoisotopic (exact) mass is 431 g/mol. The van der Waals surface area contributed by atoms with Crippen LogP contribution in [0.15, 0.2) is 53.6 Å². The average molecular weight is 431 g/mol. The first-order valence-corrected chi connectivity index (χ1v) is 9.30. The van der Waals surface area contributed by atoms with Crippen molar-refractivity contribution in [1.29, 1.82) is 0 Å². The van der Waals surface area contributed by atoms with Crippen molar-refractivity contribution in [3.63, 3.8) is 0 Å². The Balaban J connectivity index is 1.42. The van der Waals surface area contributed by atoms with Crippen molar-refractivity contribution in [2.75, 3.05) is 0 Å². The lowest BCUT2D eigenvalue weighted by atomic mass is 9.70. The molecule has 5 rings (SSSR count). The SMILES string of the molecule is O=C(OCc1ccccc1)N1[C@@H]2C=C[C@H]1[C@H]1[C@@H]2[C@H]2O[C@@H]1C(C(F)(F)F)=C2C(F)(F)F. The van der Waals surface area contributed by atoms with Gasteiger partial charge in [0.25, 0.3) is 0 Å². The van der Waals surface area contributed by atoms with Crippen molar-refractivity contribution in [2.45, 2.75) is 43.3 Å². The Labute approximate surface area is 166 Å². The maximum atomic E-state index is 13.5. The molecular weight excluding hydrogens is 416 g/mol. The molecule has 30 heavy (non-hydrogen) atoms. The fourth-order valence-corrected chi connectivity index (χ4v) is 5.29. The zero-order chi connectivity index (χ0) is 21.4. The number of fused-ring (bicyclic) bond motifs is 9. The molecule has 1 amide bonds. The van der Waals surface area contributed by atoms with E-state index in [1.165, 1.54) is 4.90 Å². The summed E-state index contributed by atoms with van der Waals surface area (Å²) in [6.07, 6.45) is -11.5. The van der Waals surface area contributed by atoms with Gasteiger partial charge >= 0.3 is 18.4 Å². The van der Waals surface area contributed by atoms with Crippen LogP contribution in [0.2, 0.25) is 0 Å². The first kappa shape index (κ1) is 19.5. The summed E-state index contributed by atoms with van der Waals surface area (Å²) in [7, 11) is 0. The first-order chi connectivity index (χ1) is 14.1. The second-order valence-corrected chi connectivity index (χ2v) is 7.77. The van der Waals surface area contributed by atoms with E-state index < -0.39 is 65.7 Å². The van der Waals surface area contributed by atoms with Crippen LogP contribution in [-0.2, 0) is 16.1 Å². The minimum atomic E-state index is -5.17. The highest BCUT2D eigenvalue weighted by Gasteiger charge is 2.72. The van der Waals surface area contributed by atoms with E-state index in [0.717, 1.165) is 0 Å². The highest BCUT2D eigenvalue weighted by molar-refractivity contribution is 5.71. The molecule has 4 bridgehead atoms. The summed E-state index contributed by atoms with van der Waals surface area (Å²) in [6, 6.07) is 7.18. The number of hydrogen-bond donors (Lipinski definition) is 0. The van der Waals surface area contributed by atoms with Gasteiger partial charge in [0.2, 0.25) is 0 Å². The molecule has 4 aliphatic heterocycles. The Bertz CT molecular complexity index is 892. The Kier molecular flexibility index (Phi) is 4.06. The molecule has 10 heteroatoms. The van der Waals surface area contributed by atoms with Gasteiger partial charge < -0.3 is 9.47 Å². The van der Waals surface area contributed by atoms with E-state index in [4.69, 9.17) is 9.47 Å². The number of carbonyl (C=O) groups is 1. The van der Waals surface area contributed by atoms with Gasteiger partial charge in [-0.2, -0.15) is 26.3 Å². The fourth-order valence-electron chi connectivity index (χ4n) is 5.29. The van der Waals surface area contributed by atoms with Crippen LogP contribution in [0, 0.1) is 11.8 Å². The largest absolute Gasteiger partial charge is 0.445 e. The van der Waals surface area contributed by atoms with E-state index in [-0.39, 0.29) is 6.61 Å². The number of nitrogens with zero attached hydrogens (tertiary/aromatic N) is 1. The molecule has 0 aromatic heterocycles. The molecule has 160 valence electrons. The maximum absolute atomic E-state index is 13.5. The van der Waals surface area contributed by atoms with Gasteiger partial charge in [-0.25, -0.2) is 4.79 Å². The number of benzene rings is 1. The second-order valence-electron chi connectivity index (χ2n) is 7.77. The molecule has 0 spiro atoms. The minimum absolute atomic E-state index is 0.0475. The summed E-state index contributed by atoms with van der Waals surface area (Å²) in [4.78, 5) is 13.9. The highest BCUT2D eigenvalue weighted by Crippen LogP contribution is 2.62. The second kappa shape index (κ2) is 6.26. The number of hydrogen-bond acceptors (Lipinski definition) is 3. The van der Waals surface area contributed by atoms with Crippen LogP contribution in [0.5, 0.6) is 0 Å². The molecule has 1 aromatic rings. The van der Waals surface area contributed by atoms with Crippen LogP contribution in [0.3, 0.4) is 0 Å². The minimum Gasteiger partial charge on any atom is -0.445 e. The number of rotatable bonds is 2. The molecular formula is C20H15F6NO3. The van der Waals surface area contributed by atoms with Gasteiger partial charge in [-0.05, 0) is 5.56 Å². The lowest BCUT2D eigenvalue weighted by molar-refractivity contribution is -0.121. The fraction of sp³-hybridized carbons (Fsp3) is 0.450. The molecule has 0 saturated carbocycles. The Morgan fingerprint density at radius 3 is 1.87 bits per heavy atom. The normalized spacial score (nSPS) is 34.1. The zero-order valence-electron chi connectivity index (χ0n) is 15.2. The summed E-state index contributed by atoms with van der Waals surface area (Å²) in [6.45, 7) is -0.0475. The number of amides is 1. The van der Waals surface area contributed by atoms with Crippen molar-refractivity contribution >= 4 is 6.09 Å². The molecule has 0 aliphatic carbocycles. The van der Waals surface area contributed by atoms with Gasteiger partial charge in [-0.3, -0.25) is 4.90 Å². The van der Waals surface area contributed by atoms with Gasteiger partial charge in [-0.15, -0.1) is 0 Å². The third-order valence-corrected chi connectivity index (χ3v) is 6.26. The van der Waals surface area contributed by atoms with Gasteiger partial charge in [-0.1, -0.05) is 42.5 Å². The lowest BCUT2D eigenvalue weighted by Crippen LogP contribution is -2.42. The predicted octanol–water partition coefficient (Wildman–Crippen LogP) is 4.38. The first-order valence-electron chi connectivity index (χ1n) is 9.30. The summed E-state index contributed by atoms with van der Waals surface area (Å²) in [5.41, 5.74) is -2.62. The van der Waals surface area contributed by atoms with Crippen molar-refractivity contribution in [1.82, 2.24) is 4.90 Å². The van der Waals surface area contributed by atoms with E-state index in [1.54, 1.807) is 42.5 Å². The number of carbonyl (C=O) groups excluding carboxylic acids is 1. The molecule has 2 fully saturated rings. The Hall–Kier alpha value is -2.49. The predicted molar refractivity (Wildman–Crippen MR) is 90.0 cm³/mol. The molecule has 0 unspecified atom stereocenters. The summed E-state index contributed by atoms with van der Waals surface area (Å²) in [5.74, 6) is -1.78. The van der Waals surface area contributed by atoms with Crippen molar-refractivity contribution in [2.24, 2.45) is 11.8 Å². The average Bonchev–Trinajstić information content (AvgIpc) is 3.41. The van der Waals surface area contributed by atoms with E-state index in [2.05, 4.69) is 0 Å². The molecule has 6 atom stereocenters. The van der Waals surface area contributed by atoms with E-state index in [1.807, 2.05) is 0 Å². The van der Waals surface area contributed by atoms with Crippen LogP contribution in [0.1, 0.15) is 5.56 Å². The van der Waals surface area contributed by atoms with Crippen LogP contribution in [0.25, 0.3) is 0 Å². The van der Waals surface area contributed by atoms with Crippen LogP contribution < -0.4 is 0 Å². The quantitative estimate of drug-likeness (QED) is 0.516. The summed E-state index contributed by atoms with van der Waals surface area (Å²) in [5, 5.41) is 0. The maximum Gasteiger partial charge on any atom is 0.415 e. The van der Waals surface area contributed by atoms with Gasteiger partial charge in [0, 0.05) is 11.8 Å². The third kappa shape index (κ3) is 2.69. The van der Waals surface area contributed by atoms with Gasteiger partial charge in [0.15, 0.2) is 0 Å². The van der Waals surface area contributed by atoms with E-state index in [0.29, 0.717) is 5.56 Å². The number of ether oxygens (including phenoxy) is 2. The van der Waals surface area contributed by atoms with Gasteiger partial charge in [0.1, 0.15) is 6.61 Å². The Morgan fingerprint density at radius 2 is 1.40 bits per heavy atom. The molecule has 1 aromatic carbocycles. The summed E-state index contributed by atoms with van der Waals surface area (Å²) >= 11 is 0. The van der Waals surface area contributed by atoms with Crippen LogP contribution in [-0.4, -0.2) is 47.6 Å². The van der Waals surface area contributed by atoms with E-state index in [9.17, 15) is 31.1 Å². The topological polar surface area (TPSA) is 38.8 Å². The van der Waals surface area contributed by atoms with Crippen molar-refractivity contribution in [3.05, 3.63) is 59.2 Å². The van der Waals surface area contributed by atoms with Crippen molar-refractivity contribution < 1.29 is 40.6 Å². The van der Waals surface area contributed by atoms with Gasteiger partial charge in [0.05, 0.1) is 35.4 Å². The summed E-state index contributed by atoms with van der Waals surface area (Å²) < 4.78 is 91.5. The molecule has 4 heterocycles. The zero-order valence-corrected chi connectivity index (χ0v) is 15.2. The molecule has 2 saturated heterocycles. The molecule has 4 nitrogen and oxygen atoms in total. The third-order valence-electron chi connectivity index (χ3n) is 6.26.